The largest absolute Gasteiger partial charge is 0.495 e. The van der Waals surface area contributed by atoms with Crippen molar-refractivity contribution in [2.75, 3.05) is 12.4 Å². The molecule has 3 aromatic rings. The highest BCUT2D eigenvalue weighted by Gasteiger charge is 2.08. The van der Waals surface area contributed by atoms with E-state index in [2.05, 4.69) is 10.3 Å². The second-order valence-electron chi connectivity index (χ2n) is 5.09. The van der Waals surface area contributed by atoms with Gasteiger partial charge in [-0.25, -0.2) is 4.79 Å². The van der Waals surface area contributed by atoms with E-state index >= 15 is 0 Å². The molecule has 2 N–H and O–H groups in total. The zero-order chi connectivity index (χ0) is 16.2. The molecule has 0 unspecified atom stereocenters. The summed E-state index contributed by atoms with van der Waals surface area (Å²) in [6.07, 6.45) is 0.885. The van der Waals surface area contributed by atoms with E-state index in [0.717, 1.165) is 5.56 Å². The van der Waals surface area contributed by atoms with Crippen molar-refractivity contribution >= 4 is 22.7 Å². The number of benzene rings is 2. The molecule has 0 radical (unpaired) electrons. The first-order valence-electron chi connectivity index (χ1n) is 7.20. The van der Waals surface area contributed by atoms with E-state index < -0.39 is 5.76 Å². The highest BCUT2D eigenvalue weighted by Crippen LogP contribution is 2.23. The van der Waals surface area contributed by atoms with Crippen LogP contribution in [-0.2, 0) is 11.2 Å². The Kier molecular flexibility index (Phi) is 4.14. The Bertz CT molecular complexity index is 895. The first-order valence-corrected chi connectivity index (χ1v) is 7.20. The van der Waals surface area contributed by atoms with E-state index in [1.807, 2.05) is 24.3 Å². The number of carbonyl (C=O) groups is 1. The van der Waals surface area contributed by atoms with Gasteiger partial charge in [0.25, 0.3) is 0 Å². The fourth-order valence-corrected chi connectivity index (χ4v) is 2.37. The van der Waals surface area contributed by atoms with Crippen LogP contribution in [0.2, 0.25) is 0 Å². The predicted molar refractivity (Wildman–Crippen MR) is 86.8 cm³/mol. The van der Waals surface area contributed by atoms with Crippen molar-refractivity contribution < 1.29 is 13.9 Å². The number of oxazole rings is 1. The average molecular weight is 312 g/mol. The Balaban J connectivity index is 1.64. The number of aromatic nitrogens is 1. The number of methoxy groups -OCH3 is 1. The van der Waals surface area contributed by atoms with E-state index in [4.69, 9.17) is 9.15 Å². The van der Waals surface area contributed by atoms with Crippen LogP contribution in [0.3, 0.4) is 0 Å². The monoisotopic (exact) mass is 312 g/mol. The van der Waals surface area contributed by atoms with Crippen LogP contribution >= 0.6 is 0 Å². The van der Waals surface area contributed by atoms with E-state index in [1.54, 1.807) is 25.3 Å². The summed E-state index contributed by atoms with van der Waals surface area (Å²) in [5, 5.41) is 2.83. The van der Waals surface area contributed by atoms with Crippen LogP contribution in [0.1, 0.15) is 12.0 Å². The summed E-state index contributed by atoms with van der Waals surface area (Å²) in [6, 6.07) is 12.6. The topological polar surface area (TPSA) is 84.3 Å². The zero-order valence-corrected chi connectivity index (χ0v) is 12.6. The number of rotatable bonds is 5. The highest BCUT2D eigenvalue weighted by molar-refractivity contribution is 5.92. The minimum atomic E-state index is -0.480. The van der Waals surface area contributed by atoms with Crippen LogP contribution in [0.25, 0.3) is 11.1 Å². The molecule has 0 spiro atoms. The van der Waals surface area contributed by atoms with Crippen LogP contribution < -0.4 is 15.8 Å². The lowest BCUT2D eigenvalue weighted by atomic mass is 10.1. The van der Waals surface area contributed by atoms with Crippen molar-refractivity contribution in [2.24, 2.45) is 0 Å². The van der Waals surface area contributed by atoms with Crippen molar-refractivity contribution in [3.05, 3.63) is 58.6 Å². The third kappa shape index (κ3) is 3.42. The average Bonchev–Trinajstić information content (AvgIpc) is 2.92. The number of fused-ring (bicyclic) bond motifs is 1. The Hall–Kier alpha value is -3.02. The summed E-state index contributed by atoms with van der Waals surface area (Å²) in [4.78, 5) is 25.8. The molecular weight excluding hydrogens is 296 g/mol. The third-order valence-electron chi connectivity index (χ3n) is 3.51. The number of hydrogen-bond acceptors (Lipinski definition) is 4. The number of ether oxygens (including phenoxy) is 1. The van der Waals surface area contributed by atoms with Crippen molar-refractivity contribution in [1.29, 1.82) is 0 Å². The Morgan fingerprint density at radius 2 is 2.09 bits per heavy atom. The number of aromatic amines is 1. The summed E-state index contributed by atoms with van der Waals surface area (Å²) < 4.78 is 10.1. The molecule has 2 aromatic carbocycles. The number of anilines is 1. The van der Waals surface area contributed by atoms with Gasteiger partial charge in [0.1, 0.15) is 5.75 Å². The molecule has 118 valence electrons. The predicted octanol–water partition coefficient (Wildman–Crippen LogP) is 2.70. The van der Waals surface area contributed by atoms with Crippen molar-refractivity contribution in [3.8, 4) is 5.75 Å². The van der Waals surface area contributed by atoms with Gasteiger partial charge in [0.15, 0.2) is 5.58 Å². The molecule has 0 saturated heterocycles. The summed E-state index contributed by atoms with van der Waals surface area (Å²) in [5.74, 6) is 0.0413. The van der Waals surface area contributed by atoms with Crippen LogP contribution in [-0.4, -0.2) is 18.0 Å². The standard InChI is InChI=1S/C17H16N2O4/c1-22-14-5-3-2-4-12(14)18-16(20)9-7-11-6-8-15-13(10-11)19-17(21)23-15/h2-6,8,10H,7,9H2,1H3,(H,18,20)(H,19,21). The fraction of sp³-hybridized carbons (Fsp3) is 0.176. The van der Waals surface area contributed by atoms with Gasteiger partial charge in [0, 0.05) is 6.42 Å². The summed E-state index contributed by atoms with van der Waals surface area (Å²) in [6.45, 7) is 0. The quantitative estimate of drug-likeness (QED) is 0.758. The molecule has 6 heteroatoms. The normalized spacial score (nSPS) is 10.7. The maximum atomic E-state index is 12.1. The lowest BCUT2D eigenvalue weighted by Gasteiger charge is -2.09. The molecule has 0 saturated carbocycles. The molecule has 23 heavy (non-hydrogen) atoms. The van der Waals surface area contributed by atoms with Crippen LogP contribution in [0, 0.1) is 0 Å². The van der Waals surface area contributed by atoms with Gasteiger partial charge in [0.05, 0.1) is 18.3 Å². The Labute approximate surface area is 132 Å². The van der Waals surface area contributed by atoms with Crippen molar-refractivity contribution in [2.45, 2.75) is 12.8 Å². The van der Waals surface area contributed by atoms with E-state index in [-0.39, 0.29) is 5.91 Å². The molecule has 0 bridgehead atoms. The molecule has 0 atom stereocenters. The van der Waals surface area contributed by atoms with Crippen LogP contribution in [0.4, 0.5) is 5.69 Å². The van der Waals surface area contributed by atoms with Gasteiger partial charge >= 0.3 is 5.76 Å². The van der Waals surface area contributed by atoms with Crippen LogP contribution in [0.15, 0.2) is 51.7 Å². The van der Waals surface area contributed by atoms with Gasteiger partial charge in [-0.3, -0.25) is 9.78 Å². The van der Waals surface area contributed by atoms with E-state index in [9.17, 15) is 9.59 Å². The minimum absolute atomic E-state index is 0.102. The van der Waals surface area contributed by atoms with E-state index in [0.29, 0.717) is 35.4 Å². The molecule has 6 nitrogen and oxygen atoms in total. The van der Waals surface area contributed by atoms with Gasteiger partial charge < -0.3 is 14.5 Å². The first-order chi connectivity index (χ1) is 11.2. The third-order valence-corrected chi connectivity index (χ3v) is 3.51. The fourth-order valence-electron chi connectivity index (χ4n) is 2.37. The number of para-hydroxylation sites is 2. The number of aryl methyl sites for hydroxylation is 1. The lowest BCUT2D eigenvalue weighted by molar-refractivity contribution is -0.116. The highest BCUT2D eigenvalue weighted by atomic mass is 16.5. The molecule has 0 aliphatic rings. The minimum Gasteiger partial charge on any atom is -0.495 e. The molecule has 0 fully saturated rings. The number of hydrogen-bond donors (Lipinski definition) is 2. The molecule has 1 heterocycles. The maximum Gasteiger partial charge on any atom is 0.417 e. The van der Waals surface area contributed by atoms with Crippen LogP contribution in [0.5, 0.6) is 5.75 Å². The molecule has 0 aliphatic carbocycles. The zero-order valence-electron chi connectivity index (χ0n) is 12.6. The number of amides is 1. The summed E-state index contributed by atoms with van der Waals surface area (Å²) >= 11 is 0. The van der Waals surface area contributed by atoms with Crippen molar-refractivity contribution in [3.63, 3.8) is 0 Å². The van der Waals surface area contributed by atoms with Gasteiger partial charge in [-0.15, -0.1) is 0 Å². The number of H-pyrrole nitrogens is 1. The smallest absolute Gasteiger partial charge is 0.417 e. The van der Waals surface area contributed by atoms with Gasteiger partial charge in [-0.1, -0.05) is 18.2 Å². The molecule has 3 rings (SSSR count). The molecule has 1 aromatic heterocycles. The van der Waals surface area contributed by atoms with E-state index in [1.165, 1.54) is 0 Å². The number of carbonyl (C=O) groups excluding carboxylic acids is 1. The molecule has 1 amide bonds. The SMILES string of the molecule is COc1ccccc1NC(=O)CCc1ccc2oc(=O)[nH]c2c1. The first kappa shape index (κ1) is 14.9. The van der Waals surface area contributed by atoms with Gasteiger partial charge in [0.2, 0.25) is 5.91 Å². The Morgan fingerprint density at radius 1 is 1.26 bits per heavy atom. The number of nitrogens with one attached hydrogen (secondary N) is 2. The Morgan fingerprint density at radius 3 is 2.91 bits per heavy atom. The molecular formula is C17H16N2O4. The van der Waals surface area contributed by atoms with Gasteiger partial charge in [-0.2, -0.15) is 0 Å². The second kappa shape index (κ2) is 6.39. The summed E-state index contributed by atoms with van der Waals surface area (Å²) in [5.41, 5.74) is 2.74. The lowest BCUT2D eigenvalue weighted by Crippen LogP contribution is -2.13. The summed E-state index contributed by atoms with van der Waals surface area (Å²) in [7, 11) is 1.56. The molecule has 0 aliphatic heterocycles. The second-order valence-corrected chi connectivity index (χ2v) is 5.09. The van der Waals surface area contributed by atoms with Crippen molar-refractivity contribution in [1.82, 2.24) is 4.98 Å². The maximum absolute atomic E-state index is 12.1. The van der Waals surface area contributed by atoms with Gasteiger partial charge in [-0.05, 0) is 36.2 Å².